The number of carbonyl (C=O) groups excluding carboxylic acids is 2. The van der Waals surface area contributed by atoms with E-state index in [1.165, 1.54) is 23.1 Å². The highest BCUT2D eigenvalue weighted by atomic mass is 32.2. The van der Waals surface area contributed by atoms with E-state index in [0.717, 1.165) is 15.6 Å². The van der Waals surface area contributed by atoms with Crippen LogP contribution in [0.1, 0.15) is 13.8 Å². The molecule has 0 fully saturated rings. The number of hydrogen-bond donors (Lipinski definition) is 2. The van der Waals surface area contributed by atoms with E-state index in [0.29, 0.717) is 0 Å². The lowest BCUT2D eigenvalue weighted by Crippen LogP contribution is -2.40. The van der Waals surface area contributed by atoms with Gasteiger partial charge in [0.1, 0.15) is 0 Å². The second kappa shape index (κ2) is 8.69. The first-order chi connectivity index (χ1) is 11.0. The molecule has 0 atom stereocenters. The van der Waals surface area contributed by atoms with Gasteiger partial charge in [-0.2, -0.15) is 0 Å². The van der Waals surface area contributed by atoms with Crippen LogP contribution in [0.2, 0.25) is 0 Å². The predicted octanol–water partition coefficient (Wildman–Crippen LogP) is 2.54. The third kappa shape index (κ3) is 6.03. The monoisotopic (exact) mass is 349 g/mol. The number of hydrogen-bond acceptors (Lipinski definition) is 5. The maximum atomic E-state index is 11.7. The van der Waals surface area contributed by atoms with Crippen LogP contribution in [-0.4, -0.2) is 35.1 Å². The first-order valence-corrected chi connectivity index (χ1v) is 9.11. The largest absolute Gasteiger partial charge is 0.352 e. The molecule has 7 heteroatoms. The molecule has 0 unspecified atom stereocenters. The average Bonchev–Trinajstić information content (AvgIpc) is 3.00. The zero-order chi connectivity index (χ0) is 16.7. The summed E-state index contributed by atoms with van der Waals surface area (Å²) in [5.74, 6) is -0.110. The van der Waals surface area contributed by atoms with Gasteiger partial charge >= 0.3 is 0 Å². The molecule has 122 valence electrons. The summed E-state index contributed by atoms with van der Waals surface area (Å²) in [6.07, 6.45) is 0. The quantitative estimate of drug-likeness (QED) is 0.754. The third-order valence-electron chi connectivity index (χ3n) is 2.78. The van der Waals surface area contributed by atoms with E-state index in [1.807, 2.05) is 49.6 Å². The molecule has 1 aromatic heterocycles. The zero-order valence-corrected chi connectivity index (χ0v) is 14.7. The molecule has 0 saturated carbocycles. The Morgan fingerprint density at radius 2 is 1.96 bits per heavy atom. The molecule has 2 amide bonds. The van der Waals surface area contributed by atoms with E-state index in [1.54, 1.807) is 0 Å². The summed E-state index contributed by atoms with van der Waals surface area (Å²) >= 11 is 2.88. The molecule has 0 aliphatic carbocycles. The van der Waals surface area contributed by atoms with Crippen LogP contribution in [-0.2, 0) is 9.59 Å². The van der Waals surface area contributed by atoms with E-state index in [2.05, 4.69) is 15.6 Å². The second-order valence-corrected chi connectivity index (χ2v) is 7.23. The Labute approximate surface area is 143 Å². The summed E-state index contributed by atoms with van der Waals surface area (Å²) in [7, 11) is 0. The Bertz CT molecular complexity index is 656. The number of aromatic nitrogens is 1. The molecule has 23 heavy (non-hydrogen) atoms. The molecule has 0 spiro atoms. The Kier molecular flexibility index (Phi) is 6.61. The third-order valence-corrected chi connectivity index (χ3v) is 4.80. The summed E-state index contributed by atoms with van der Waals surface area (Å²) in [4.78, 5) is 27.7. The predicted molar refractivity (Wildman–Crippen MR) is 94.6 cm³/mol. The van der Waals surface area contributed by atoms with Gasteiger partial charge in [0.15, 0.2) is 4.34 Å². The van der Waals surface area contributed by atoms with Crippen molar-refractivity contribution in [1.82, 2.24) is 15.6 Å². The molecular weight excluding hydrogens is 330 g/mol. The Balaban J connectivity index is 1.77. The lowest BCUT2D eigenvalue weighted by molar-refractivity contribution is -0.125. The summed E-state index contributed by atoms with van der Waals surface area (Å²) in [6, 6.07) is 9.98. The molecule has 0 saturated heterocycles. The number of nitrogens with zero attached hydrogens (tertiary/aromatic N) is 1. The number of rotatable bonds is 7. The lowest BCUT2D eigenvalue weighted by atomic mass is 10.2. The minimum Gasteiger partial charge on any atom is -0.352 e. The van der Waals surface area contributed by atoms with Crippen LogP contribution >= 0.6 is 23.1 Å². The van der Waals surface area contributed by atoms with Gasteiger partial charge in [-0.15, -0.1) is 11.3 Å². The van der Waals surface area contributed by atoms with Gasteiger partial charge in [-0.25, -0.2) is 4.98 Å². The van der Waals surface area contributed by atoms with Gasteiger partial charge in [0.25, 0.3) is 0 Å². The molecule has 0 aliphatic rings. The molecule has 5 nitrogen and oxygen atoms in total. The Morgan fingerprint density at radius 3 is 2.65 bits per heavy atom. The van der Waals surface area contributed by atoms with Crippen molar-refractivity contribution in [1.29, 1.82) is 0 Å². The maximum absolute atomic E-state index is 11.7. The SMILES string of the molecule is CC(C)NC(=O)CNC(=O)CSc1nc(-c2ccccc2)cs1. The topological polar surface area (TPSA) is 71.1 Å². The highest BCUT2D eigenvalue weighted by molar-refractivity contribution is 8.01. The highest BCUT2D eigenvalue weighted by Crippen LogP contribution is 2.27. The van der Waals surface area contributed by atoms with Crippen molar-refractivity contribution in [2.75, 3.05) is 12.3 Å². The van der Waals surface area contributed by atoms with Crippen molar-refractivity contribution in [3.05, 3.63) is 35.7 Å². The van der Waals surface area contributed by atoms with E-state index < -0.39 is 0 Å². The number of carbonyl (C=O) groups is 2. The fourth-order valence-corrected chi connectivity index (χ4v) is 3.46. The summed E-state index contributed by atoms with van der Waals surface area (Å²) in [6.45, 7) is 3.76. The van der Waals surface area contributed by atoms with Crippen molar-refractivity contribution in [2.45, 2.75) is 24.2 Å². The fraction of sp³-hybridized carbons (Fsp3) is 0.312. The normalized spacial score (nSPS) is 10.6. The van der Waals surface area contributed by atoms with Gasteiger partial charge < -0.3 is 10.6 Å². The molecule has 1 heterocycles. The van der Waals surface area contributed by atoms with Crippen LogP contribution in [0.15, 0.2) is 40.1 Å². The summed E-state index contributed by atoms with van der Waals surface area (Å²) in [5.41, 5.74) is 1.97. The summed E-state index contributed by atoms with van der Waals surface area (Å²) < 4.78 is 0.839. The molecule has 1 aromatic carbocycles. The second-order valence-electron chi connectivity index (χ2n) is 5.15. The molecule has 0 bridgehead atoms. The zero-order valence-electron chi connectivity index (χ0n) is 13.0. The van der Waals surface area contributed by atoms with Crippen LogP contribution in [0.25, 0.3) is 11.3 Å². The molecule has 2 N–H and O–H groups in total. The lowest BCUT2D eigenvalue weighted by Gasteiger charge is -2.08. The van der Waals surface area contributed by atoms with Gasteiger partial charge in [-0.05, 0) is 13.8 Å². The van der Waals surface area contributed by atoms with Crippen molar-refractivity contribution in [2.24, 2.45) is 0 Å². The van der Waals surface area contributed by atoms with Crippen molar-refractivity contribution in [3.8, 4) is 11.3 Å². The maximum Gasteiger partial charge on any atom is 0.239 e. The Morgan fingerprint density at radius 1 is 1.22 bits per heavy atom. The number of nitrogens with one attached hydrogen (secondary N) is 2. The van der Waals surface area contributed by atoms with Crippen LogP contribution in [0, 0.1) is 0 Å². The minimum absolute atomic E-state index is 0.00467. The number of thiazole rings is 1. The van der Waals surface area contributed by atoms with Gasteiger partial charge in [0.2, 0.25) is 11.8 Å². The molecule has 2 rings (SSSR count). The van der Waals surface area contributed by atoms with Gasteiger partial charge in [-0.1, -0.05) is 42.1 Å². The van der Waals surface area contributed by atoms with Crippen molar-refractivity contribution < 1.29 is 9.59 Å². The van der Waals surface area contributed by atoms with E-state index in [-0.39, 0.29) is 30.2 Å². The average molecular weight is 349 g/mol. The van der Waals surface area contributed by atoms with E-state index >= 15 is 0 Å². The standard InChI is InChI=1S/C16H19N3O2S2/c1-11(2)18-14(20)8-17-15(21)10-23-16-19-13(9-22-16)12-6-4-3-5-7-12/h3-7,9,11H,8,10H2,1-2H3,(H,17,21)(H,18,20). The number of thioether (sulfide) groups is 1. The van der Waals surface area contributed by atoms with Gasteiger partial charge in [0.05, 0.1) is 18.0 Å². The molecule has 0 radical (unpaired) electrons. The van der Waals surface area contributed by atoms with Crippen molar-refractivity contribution >= 4 is 34.9 Å². The molecule has 0 aliphatic heterocycles. The van der Waals surface area contributed by atoms with Gasteiger partial charge in [-0.3, -0.25) is 9.59 Å². The van der Waals surface area contributed by atoms with E-state index in [4.69, 9.17) is 0 Å². The number of benzene rings is 1. The molecular formula is C16H19N3O2S2. The van der Waals surface area contributed by atoms with Gasteiger partial charge in [0, 0.05) is 17.0 Å². The smallest absolute Gasteiger partial charge is 0.239 e. The fourth-order valence-electron chi connectivity index (χ4n) is 1.80. The molecule has 2 aromatic rings. The first kappa shape index (κ1) is 17.5. The van der Waals surface area contributed by atoms with Crippen LogP contribution in [0.3, 0.4) is 0 Å². The van der Waals surface area contributed by atoms with Crippen LogP contribution < -0.4 is 10.6 Å². The van der Waals surface area contributed by atoms with Crippen LogP contribution in [0.5, 0.6) is 0 Å². The van der Waals surface area contributed by atoms with Crippen molar-refractivity contribution in [3.63, 3.8) is 0 Å². The number of amides is 2. The first-order valence-electron chi connectivity index (χ1n) is 7.24. The highest BCUT2D eigenvalue weighted by Gasteiger charge is 2.09. The Hall–Kier alpha value is -1.86. The minimum atomic E-state index is -0.182. The van der Waals surface area contributed by atoms with Crippen LogP contribution in [0.4, 0.5) is 0 Å². The van der Waals surface area contributed by atoms with E-state index in [9.17, 15) is 9.59 Å². The summed E-state index contributed by atoms with van der Waals surface area (Å²) in [5, 5.41) is 7.30.